The van der Waals surface area contributed by atoms with Gasteiger partial charge in [0.1, 0.15) is 6.33 Å². The number of rotatable bonds is 8. The first-order valence-electron chi connectivity index (χ1n) is 12.8. The summed E-state index contributed by atoms with van der Waals surface area (Å²) in [6.07, 6.45) is 8.46. The summed E-state index contributed by atoms with van der Waals surface area (Å²) in [5, 5.41) is 3.62. The van der Waals surface area contributed by atoms with Crippen LogP contribution in [-0.4, -0.2) is 46.5 Å². The molecule has 0 bridgehead atoms. The molecule has 0 atom stereocenters. The number of nitrogens with one attached hydrogen (secondary N) is 1. The molecule has 1 amide bonds. The van der Waals surface area contributed by atoms with Gasteiger partial charge in [-0.1, -0.05) is 39.8 Å². The molecule has 3 N–H and O–H groups in total. The van der Waals surface area contributed by atoms with E-state index in [4.69, 9.17) is 10.7 Å². The molecular formula is C27H40N6O. The number of carbonyl (C=O) groups excluding carboxylic acids is 1. The summed E-state index contributed by atoms with van der Waals surface area (Å²) < 4.78 is 0. The van der Waals surface area contributed by atoms with Gasteiger partial charge < -0.3 is 16.0 Å². The molecule has 1 aromatic heterocycles. The van der Waals surface area contributed by atoms with Gasteiger partial charge in [0.2, 0.25) is 11.9 Å². The largest absolute Gasteiger partial charge is 0.370 e. The minimum absolute atomic E-state index is 0.158. The molecule has 2 heterocycles. The van der Waals surface area contributed by atoms with Crippen LogP contribution in [0, 0.1) is 0 Å². The molecule has 0 spiro atoms. The predicted octanol–water partition coefficient (Wildman–Crippen LogP) is 4.10. The molecule has 1 fully saturated rings. The number of unbranched alkanes of at least 4 members (excludes halogenated alkanes) is 1. The van der Waals surface area contributed by atoms with Crippen molar-refractivity contribution >= 4 is 11.9 Å². The van der Waals surface area contributed by atoms with Gasteiger partial charge in [0.15, 0.2) is 5.82 Å². The Morgan fingerprint density at radius 2 is 1.76 bits per heavy atom. The maximum atomic E-state index is 10.8. The minimum Gasteiger partial charge on any atom is -0.370 e. The molecule has 7 heteroatoms. The highest BCUT2D eigenvalue weighted by atomic mass is 16.1. The van der Waals surface area contributed by atoms with Crippen molar-refractivity contribution in [1.82, 2.24) is 20.3 Å². The maximum absolute atomic E-state index is 10.8. The highest BCUT2D eigenvalue weighted by Gasteiger charge is 2.37. The molecule has 0 unspecified atom stereocenters. The van der Waals surface area contributed by atoms with Crippen LogP contribution in [-0.2, 0) is 15.6 Å². The van der Waals surface area contributed by atoms with Gasteiger partial charge in [0, 0.05) is 31.1 Å². The highest BCUT2D eigenvalue weighted by Crippen LogP contribution is 2.46. The van der Waals surface area contributed by atoms with Crippen molar-refractivity contribution in [2.75, 3.05) is 24.5 Å². The van der Waals surface area contributed by atoms with Gasteiger partial charge in [-0.3, -0.25) is 4.79 Å². The molecule has 4 rings (SSSR count). The van der Waals surface area contributed by atoms with Gasteiger partial charge in [-0.2, -0.15) is 4.98 Å². The van der Waals surface area contributed by atoms with Gasteiger partial charge in [0.25, 0.3) is 0 Å². The fraction of sp³-hybridized carbons (Fsp3) is 0.630. The zero-order valence-electron chi connectivity index (χ0n) is 21.2. The lowest BCUT2D eigenvalue weighted by Gasteiger charge is -2.42. The molecule has 1 aromatic carbocycles. The van der Waals surface area contributed by atoms with E-state index in [1.807, 2.05) is 0 Å². The number of carbonyl (C=O) groups is 1. The van der Waals surface area contributed by atoms with Crippen LogP contribution in [0.15, 0.2) is 24.5 Å². The molecule has 2 aromatic rings. The van der Waals surface area contributed by atoms with E-state index < -0.39 is 0 Å². The molecule has 1 aliphatic heterocycles. The first-order valence-corrected chi connectivity index (χ1v) is 12.8. The number of benzene rings is 1. The summed E-state index contributed by atoms with van der Waals surface area (Å²) in [7, 11) is 0. The van der Waals surface area contributed by atoms with Crippen molar-refractivity contribution in [3.63, 3.8) is 0 Å². The second kappa shape index (κ2) is 9.98. The zero-order chi connectivity index (χ0) is 24.3. The SMILES string of the molecule is CC1(C)CCC(C)(C)c2cc(-c3ncnc(N4CCC(NCCCCC(N)=O)CC4)n3)ccc21. The molecule has 2 aliphatic rings. The molecule has 0 radical (unpaired) electrons. The summed E-state index contributed by atoms with van der Waals surface area (Å²) in [5.74, 6) is 1.30. The Morgan fingerprint density at radius 3 is 2.47 bits per heavy atom. The number of hydrogen-bond acceptors (Lipinski definition) is 6. The second-order valence-corrected chi connectivity index (χ2v) is 11.3. The Bertz CT molecular complexity index is 1010. The molecule has 34 heavy (non-hydrogen) atoms. The minimum atomic E-state index is -0.215. The molecule has 1 saturated heterocycles. The molecule has 0 saturated carbocycles. The first-order chi connectivity index (χ1) is 16.2. The monoisotopic (exact) mass is 464 g/mol. The third kappa shape index (κ3) is 5.57. The predicted molar refractivity (Wildman–Crippen MR) is 137 cm³/mol. The van der Waals surface area contributed by atoms with Crippen LogP contribution in [0.25, 0.3) is 11.4 Å². The summed E-state index contributed by atoms with van der Waals surface area (Å²) >= 11 is 0. The summed E-state index contributed by atoms with van der Waals surface area (Å²) in [6.45, 7) is 12.2. The van der Waals surface area contributed by atoms with Crippen LogP contribution >= 0.6 is 0 Å². The summed E-state index contributed by atoms with van der Waals surface area (Å²) in [4.78, 5) is 27.0. The molecular weight excluding hydrogens is 424 g/mol. The molecule has 184 valence electrons. The topological polar surface area (TPSA) is 97.0 Å². The Labute approximate surface area is 204 Å². The Morgan fingerprint density at radius 1 is 1.06 bits per heavy atom. The highest BCUT2D eigenvalue weighted by molar-refractivity contribution is 5.73. The quantitative estimate of drug-likeness (QED) is 0.571. The maximum Gasteiger partial charge on any atom is 0.228 e. The zero-order valence-corrected chi connectivity index (χ0v) is 21.2. The third-order valence-corrected chi connectivity index (χ3v) is 7.73. The second-order valence-electron chi connectivity index (χ2n) is 11.3. The van der Waals surface area contributed by atoms with E-state index in [0.29, 0.717) is 12.5 Å². The van der Waals surface area contributed by atoms with Crippen molar-refractivity contribution in [3.05, 3.63) is 35.7 Å². The average molecular weight is 465 g/mol. The summed E-state index contributed by atoms with van der Waals surface area (Å²) in [5.41, 5.74) is 9.51. The number of primary amides is 1. The van der Waals surface area contributed by atoms with Crippen LogP contribution in [0.4, 0.5) is 5.95 Å². The fourth-order valence-electron chi connectivity index (χ4n) is 5.32. The average Bonchev–Trinajstić information content (AvgIpc) is 2.82. The van der Waals surface area contributed by atoms with Crippen LogP contribution in [0.2, 0.25) is 0 Å². The van der Waals surface area contributed by atoms with E-state index in [-0.39, 0.29) is 16.7 Å². The normalized spacial score (nSPS) is 19.6. The van der Waals surface area contributed by atoms with Crippen LogP contribution in [0.5, 0.6) is 0 Å². The van der Waals surface area contributed by atoms with Crippen molar-refractivity contribution in [1.29, 1.82) is 0 Å². The van der Waals surface area contributed by atoms with Crippen molar-refractivity contribution in [2.24, 2.45) is 5.73 Å². The Balaban J connectivity index is 1.40. The van der Waals surface area contributed by atoms with Crippen molar-refractivity contribution in [3.8, 4) is 11.4 Å². The lowest BCUT2D eigenvalue weighted by molar-refractivity contribution is -0.118. The van der Waals surface area contributed by atoms with Gasteiger partial charge in [-0.25, -0.2) is 9.97 Å². The van der Waals surface area contributed by atoms with Crippen LogP contribution < -0.4 is 16.0 Å². The molecule has 1 aliphatic carbocycles. The van der Waals surface area contributed by atoms with Gasteiger partial charge >= 0.3 is 0 Å². The number of fused-ring (bicyclic) bond motifs is 1. The fourth-order valence-corrected chi connectivity index (χ4v) is 5.32. The number of amides is 1. The van der Waals surface area contributed by atoms with Crippen molar-refractivity contribution in [2.45, 2.75) is 89.5 Å². The standard InChI is InChI=1S/C27H40N6O/c1-26(2)12-13-27(3,4)22-17-19(8-9-21(22)26)24-30-18-31-25(32-24)33-15-10-20(11-16-33)29-14-6-5-7-23(28)34/h8-9,17-18,20,29H,5-7,10-16H2,1-4H3,(H2,28,34). The van der Waals surface area contributed by atoms with Gasteiger partial charge in [-0.15, -0.1) is 0 Å². The Hall–Kier alpha value is -2.54. The number of piperidine rings is 1. The van der Waals surface area contributed by atoms with Crippen molar-refractivity contribution < 1.29 is 4.79 Å². The number of hydrogen-bond donors (Lipinski definition) is 2. The number of aromatic nitrogens is 3. The number of nitrogens with zero attached hydrogens (tertiary/aromatic N) is 4. The van der Waals surface area contributed by atoms with E-state index in [9.17, 15) is 4.79 Å². The van der Waals surface area contributed by atoms with Gasteiger partial charge in [-0.05, 0) is 73.1 Å². The lowest BCUT2D eigenvalue weighted by Crippen LogP contribution is -2.43. The van der Waals surface area contributed by atoms with Crippen LogP contribution in [0.3, 0.4) is 0 Å². The smallest absolute Gasteiger partial charge is 0.228 e. The van der Waals surface area contributed by atoms with E-state index >= 15 is 0 Å². The van der Waals surface area contributed by atoms with Crippen LogP contribution in [0.1, 0.15) is 83.8 Å². The summed E-state index contributed by atoms with van der Waals surface area (Å²) in [6, 6.07) is 7.27. The number of nitrogens with two attached hydrogens (primary N) is 1. The van der Waals surface area contributed by atoms with E-state index in [1.54, 1.807) is 6.33 Å². The van der Waals surface area contributed by atoms with E-state index in [1.165, 1.54) is 24.0 Å². The molecule has 7 nitrogen and oxygen atoms in total. The Kier molecular flexibility index (Phi) is 7.22. The first kappa shape index (κ1) is 24.6. The van der Waals surface area contributed by atoms with E-state index in [0.717, 1.165) is 62.7 Å². The number of anilines is 1. The third-order valence-electron chi connectivity index (χ3n) is 7.73. The lowest BCUT2D eigenvalue weighted by atomic mass is 9.63. The van der Waals surface area contributed by atoms with Gasteiger partial charge in [0.05, 0.1) is 0 Å². The van der Waals surface area contributed by atoms with E-state index in [2.05, 4.69) is 66.1 Å².